The fourth-order valence-electron chi connectivity index (χ4n) is 3.06. The molecule has 0 spiro atoms. The van der Waals surface area contributed by atoms with Gasteiger partial charge in [-0.1, -0.05) is 26.0 Å². The minimum atomic E-state index is -0.0496. The maximum absolute atomic E-state index is 12.1. The largest absolute Gasteiger partial charge is 0.342 e. The quantitative estimate of drug-likeness (QED) is 0.853. The Morgan fingerprint density at radius 1 is 1.21 bits per heavy atom. The Balaban J connectivity index is 2.03. The van der Waals surface area contributed by atoms with Crippen molar-refractivity contribution in [2.24, 2.45) is 11.8 Å². The van der Waals surface area contributed by atoms with Crippen molar-refractivity contribution < 1.29 is 0 Å². The third kappa shape index (κ3) is 2.35. The van der Waals surface area contributed by atoms with Crippen LogP contribution in [0.5, 0.6) is 0 Å². The molecule has 1 N–H and O–H groups in total. The summed E-state index contributed by atoms with van der Waals surface area (Å²) in [6.07, 6.45) is 1.24. The van der Waals surface area contributed by atoms with Crippen molar-refractivity contribution in [3.63, 3.8) is 0 Å². The maximum Gasteiger partial charge on any atom is 0.260 e. The number of para-hydroxylation sites is 1. The van der Waals surface area contributed by atoms with Gasteiger partial charge >= 0.3 is 0 Å². The summed E-state index contributed by atoms with van der Waals surface area (Å²) in [6.45, 7) is 6.43. The number of aromatic amines is 1. The summed E-state index contributed by atoms with van der Waals surface area (Å²) < 4.78 is 0. The third-order valence-corrected chi connectivity index (χ3v) is 3.77. The molecule has 1 aromatic carbocycles. The van der Waals surface area contributed by atoms with Crippen molar-refractivity contribution in [1.82, 2.24) is 9.97 Å². The van der Waals surface area contributed by atoms with Crippen molar-refractivity contribution >= 4 is 16.9 Å². The highest BCUT2D eigenvalue weighted by Gasteiger charge is 2.23. The summed E-state index contributed by atoms with van der Waals surface area (Å²) in [5.74, 6) is 1.99. The van der Waals surface area contributed by atoms with Gasteiger partial charge in [0.2, 0.25) is 5.95 Å². The van der Waals surface area contributed by atoms with Gasteiger partial charge < -0.3 is 4.90 Å². The number of nitrogens with one attached hydrogen (secondary N) is 1. The smallest absolute Gasteiger partial charge is 0.260 e. The highest BCUT2D eigenvalue weighted by molar-refractivity contribution is 5.78. The van der Waals surface area contributed by atoms with Crippen LogP contribution in [-0.2, 0) is 0 Å². The van der Waals surface area contributed by atoms with E-state index in [1.807, 2.05) is 24.3 Å². The van der Waals surface area contributed by atoms with Crippen LogP contribution in [0, 0.1) is 11.8 Å². The molecule has 3 rings (SSSR count). The van der Waals surface area contributed by atoms with E-state index in [0.717, 1.165) is 18.6 Å². The second-order valence-electron chi connectivity index (χ2n) is 5.76. The number of hydrogen-bond donors (Lipinski definition) is 1. The van der Waals surface area contributed by atoms with Crippen LogP contribution < -0.4 is 10.5 Å². The monoisotopic (exact) mass is 257 g/mol. The van der Waals surface area contributed by atoms with Gasteiger partial charge in [0.05, 0.1) is 10.9 Å². The topological polar surface area (TPSA) is 49.0 Å². The predicted molar refractivity (Wildman–Crippen MR) is 77.5 cm³/mol. The van der Waals surface area contributed by atoms with E-state index in [4.69, 9.17) is 0 Å². The molecule has 1 aliphatic heterocycles. The van der Waals surface area contributed by atoms with E-state index >= 15 is 0 Å². The lowest BCUT2D eigenvalue weighted by molar-refractivity contribution is 0.353. The first-order valence-corrected chi connectivity index (χ1v) is 6.87. The van der Waals surface area contributed by atoms with Crippen LogP contribution in [0.2, 0.25) is 0 Å². The molecule has 4 nitrogen and oxygen atoms in total. The Bertz CT molecular complexity index is 639. The fraction of sp³-hybridized carbons (Fsp3) is 0.467. The number of anilines is 1. The highest BCUT2D eigenvalue weighted by atomic mass is 16.1. The summed E-state index contributed by atoms with van der Waals surface area (Å²) in [5, 5.41) is 0.657. The Morgan fingerprint density at radius 3 is 2.63 bits per heavy atom. The molecule has 1 saturated heterocycles. The number of hydrogen-bond acceptors (Lipinski definition) is 3. The molecule has 0 amide bonds. The minimum absolute atomic E-state index is 0.0496. The average Bonchev–Trinajstić information content (AvgIpc) is 2.37. The van der Waals surface area contributed by atoms with Gasteiger partial charge in [0.1, 0.15) is 0 Å². The van der Waals surface area contributed by atoms with Gasteiger partial charge in [-0.3, -0.25) is 9.78 Å². The lowest BCUT2D eigenvalue weighted by Gasteiger charge is -2.35. The molecule has 2 unspecified atom stereocenters. The van der Waals surface area contributed by atoms with E-state index in [2.05, 4.69) is 28.7 Å². The molecule has 0 saturated carbocycles. The third-order valence-electron chi connectivity index (χ3n) is 3.77. The fourth-order valence-corrected chi connectivity index (χ4v) is 3.06. The van der Waals surface area contributed by atoms with Gasteiger partial charge in [0.25, 0.3) is 5.56 Å². The van der Waals surface area contributed by atoms with Crippen molar-refractivity contribution in [3.05, 3.63) is 34.6 Å². The molecule has 2 heterocycles. The Morgan fingerprint density at radius 2 is 1.89 bits per heavy atom. The SMILES string of the molecule is CC1CC(C)CN(c2nc3ccccc3c(=O)[nH]2)C1. The van der Waals surface area contributed by atoms with Gasteiger partial charge in [-0.05, 0) is 30.4 Å². The molecule has 1 aliphatic rings. The van der Waals surface area contributed by atoms with E-state index in [-0.39, 0.29) is 5.56 Å². The van der Waals surface area contributed by atoms with Crippen LogP contribution in [0.3, 0.4) is 0 Å². The van der Waals surface area contributed by atoms with Crippen LogP contribution >= 0.6 is 0 Å². The van der Waals surface area contributed by atoms with Crippen molar-refractivity contribution in [3.8, 4) is 0 Å². The normalized spacial score (nSPS) is 23.8. The standard InChI is InChI=1S/C15H19N3O/c1-10-7-11(2)9-18(8-10)15-16-13-6-4-3-5-12(13)14(19)17-15/h3-6,10-11H,7-9H2,1-2H3,(H,16,17,19). The summed E-state index contributed by atoms with van der Waals surface area (Å²) in [6, 6.07) is 7.49. The van der Waals surface area contributed by atoms with Crippen LogP contribution in [-0.4, -0.2) is 23.1 Å². The molecule has 0 radical (unpaired) electrons. The second kappa shape index (κ2) is 4.68. The molecular formula is C15H19N3O. The number of benzene rings is 1. The minimum Gasteiger partial charge on any atom is -0.342 e. The van der Waals surface area contributed by atoms with E-state index < -0.39 is 0 Å². The molecule has 0 aliphatic carbocycles. The molecule has 0 bridgehead atoms. The molecule has 100 valence electrons. The zero-order chi connectivity index (χ0) is 13.4. The van der Waals surface area contributed by atoms with Crippen molar-refractivity contribution in [2.45, 2.75) is 20.3 Å². The summed E-state index contributed by atoms with van der Waals surface area (Å²) >= 11 is 0. The molecular weight excluding hydrogens is 238 g/mol. The number of rotatable bonds is 1. The number of H-pyrrole nitrogens is 1. The summed E-state index contributed by atoms with van der Waals surface area (Å²) in [7, 11) is 0. The summed E-state index contributed by atoms with van der Waals surface area (Å²) in [5.41, 5.74) is 0.721. The first kappa shape index (κ1) is 12.2. The number of nitrogens with zero attached hydrogens (tertiary/aromatic N) is 2. The number of fused-ring (bicyclic) bond motifs is 1. The molecule has 19 heavy (non-hydrogen) atoms. The average molecular weight is 257 g/mol. The van der Waals surface area contributed by atoms with E-state index in [1.54, 1.807) is 0 Å². The first-order valence-electron chi connectivity index (χ1n) is 6.87. The van der Waals surface area contributed by atoms with E-state index in [9.17, 15) is 4.79 Å². The maximum atomic E-state index is 12.1. The van der Waals surface area contributed by atoms with Crippen LogP contribution in [0.4, 0.5) is 5.95 Å². The molecule has 2 atom stereocenters. The van der Waals surface area contributed by atoms with Gasteiger partial charge in [-0.15, -0.1) is 0 Å². The lowest BCUT2D eigenvalue weighted by atomic mass is 9.92. The van der Waals surface area contributed by atoms with E-state index in [1.165, 1.54) is 6.42 Å². The molecule has 2 aromatic rings. The highest BCUT2D eigenvalue weighted by Crippen LogP contribution is 2.24. The van der Waals surface area contributed by atoms with Crippen molar-refractivity contribution in [2.75, 3.05) is 18.0 Å². The number of piperidine rings is 1. The van der Waals surface area contributed by atoms with Gasteiger partial charge in [0.15, 0.2) is 0 Å². The van der Waals surface area contributed by atoms with Crippen LogP contribution in [0.15, 0.2) is 29.1 Å². The molecule has 4 heteroatoms. The number of aromatic nitrogens is 2. The zero-order valence-electron chi connectivity index (χ0n) is 11.4. The Hall–Kier alpha value is -1.84. The van der Waals surface area contributed by atoms with Crippen LogP contribution in [0.1, 0.15) is 20.3 Å². The first-order chi connectivity index (χ1) is 9.13. The lowest BCUT2D eigenvalue weighted by Crippen LogP contribution is -2.40. The van der Waals surface area contributed by atoms with Crippen LogP contribution in [0.25, 0.3) is 10.9 Å². The van der Waals surface area contributed by atoms with E-state index in [0.29, 0.717) is 23.2 Å². The molecule has 1 fully saturated rings. The predicted octanol–water partition coefficient (Wildman–Crippen LogP) is 2.41. The Labute approximate surface area is 112 Å². The zero-order valence-corrected chi connectivity index (χ0v) is 11.4. The molecule has 1 aromatic heterocycles. The summed E-state index contributed by atoms with van der Waals surface area (Å²) in [4.78, 5) is 21.8. The van der Waals surface area contributed by atoms with Gasteiger partial charge in [-0.2, -0.15) is 0 Å². The second-order valence-corrected chi connectivity index (χ2v) is 5.76. The van der Waals surface area contributed by atoms with Gasteiger partial charge in [-0.25, -0.2) is 4.98 Å². The van der Waals surface area contributed by atoms with Crippen molar-refractivity contribution in [1.29, 1.82) is 0 Å². The van der Waals surface area contributed by atoms with Gasteiger partial charge in [0, 0.05) is 13.1 Å². The Kier molecular flexibility index (Phi) is 3.01.